The van der Waals surface area contributed by atoms with Crippen molar-refractivity contribution in [3.63, 3.8) is 0 Å². The number of aliphatic hydroxyl groups excluding tert-OH is 1. The predicted molar refractivity (Wildman–Crippen MR) is 163 cm³/mol. The molecule has 4 aromatic rings. The number of fused-ring (bicyclic) bond motifs is 1. The second-order valence-electron chi connectivity index (χ2n) is 8.44. The Bertz CT molecular complexity index is 1550. The fourth-order valence-electron chi connectivity index (χ4n) is 3.88. The van der Waals surface area contributed by atoms with Crippen LogP contribution in [0, 0.1) is 0 Å². The highest BCUT2D eigenvalue weighted by atomic mass is 35.5. The van der Waals surface area contributed by atoms with Gasteiger partial charge >= 0.3 is 0 Å². The Hall–Kier alpha value is -3.55. The molecule has 3 aromatic carbocycles. The van der Waals surface area contributed by atoms with E-state index in [0.717, 1.165) is 22.3 Å². The summed E-state index contributed by atoms with van der Waals surface area (Å²) in [5.41, 5.74) is 4.91. The van der Waals surface area contributed by atoms with Crippen LogP contribution in [0.3, 0.4) is 0 Å². The van der Waals surface area contributed by atoms with Crippen molar-refractivity contribution in [2.75, 3.05) is 10.6 Å². The van der Waals surface area contributed by atoms with Crippen LogP contribution < -0.4 is 10.6 Å². The molecule has 0 saturated heterocycles. The van der Waals surface area contributed by atoms with Crippen LogP contribution >= 0.6 is 34.8 Å². The summed E-state index contributed by atoms with van der Waals surface area (Å²) in [5, 5.41) is 18.1. The summed E-state index contributed by atoms with van der Waals surface area (Å²) in [4.78, 5) is 20.5. The number of imidazole rings is 1. The first-order valence-electron chi connectivity index (χ1n) is 12.4. The molecule has 1 aromatic heterocycles. The molecule has 1 aliphatic rings. The largest absolute Gasteiger partial charge is 0.369 e. The first kappa shape index (κ1) is 28.5. The number of aliphatic hydroxyl groups is 1. The van der Waals surface area contributed by atoms with Crippen molar-refractivity contribution in [3.05, 3.63) is 111 Å². The second kappa shape index (κ2) is 13.0. The number of aromatic nitrogens is 2. The zero-order chi connectivity index (χ0) is 27.9. The Kier molecular flexibility index (Phi) is 9.49. The molecule has 9 heteroatoms. The quantitative estimate of drug-likeness (QED) is 0.172. The molecule has 0 radical (unpaired) electrons. The van der Waals surface area contributed by atoms with Gasteiger partial charge in [-0.3, -0.25) is 4.79 Å². The first-order valence-corrected chi connectivity index (χ1v) is 13.5. The van der Waals surface area contributed by atoms with E-state index in [1.165, 1.54) is 0 Å². The first-order chi connectivity index (χ1) is 18.8. The number of halogens is 3. The topological polar surface area (TPSA) is 90.0 Å². The lowest BCUT2D eigenvalue weighted by Gasteiger charge is -2.15. The summed E-state index contributed by atoms with van der Waals surface area (Å²) < 4.78 is 0. The summed E-state index contributed by atoms with van der Waals surface area (Å²) in [5.74, 6) is 0.374. The molecule has 0 saturated carbocycles. The number of anilines is 2. The number of carbonyl (C=O) groups is 1. The molecule has 1 unspecified atom stereocenters. The van der Waals surface area contributed by atoms with Gasteiger partial charge in [-0.15, -0.1) is 0 Å². The number of nitrogens with one attached hydrogen (secondary N) is 3. The van der Waals surface area contributed by atoms with Crippen molar-refractivity contribution in [2.45, 2.75) is 26.5 Å². The zero-order valence-electron chi connectivity index (χ0n) is 21.3. The number of aromatic amines is 1. The van der Waals surface area contributed by atoms with Crippen LogP contribution in [0.4, 0.5) is 11.4 Å². The van der Waals surface area contributed by atoms with E-state index in [1.54, 1.807) is 42.5 Å². The van der Waals surface area contributed by atoms with Crippen LogP contribution in [0.15, 0.2) is 95.6 Å². The Morgan fingerprint density at radius 1 is 0.949 bits per heavy atom. The Morgan fingerprint density at radius 3 is 2.36 bits per heavy atom. The van der Waals surface area contributed by atoms with Gasteiger partial charge in [0.15, 0.2) is 6.23 Å². The van der Waals surface area contributed by atoms with Crippen LogP contribution in [0.2, 0.25) is 10.0 Å². The fraction of sp³-hybridized carbons (Fsp3) is 0.133. The summed E-state index contributed by atoms with van der Waals surface area (Å²) in [6.45, 7) is 4.00. The maximum atomic E-state index is 12.5. The van der Waals surface area contributed by atoms with Crippen molar-refractivity contribution < 1.29 is 9.90 Å². The van der Waals surface area contributed by atoms with Gasteiger partial charge in [0.1, 0.15) is 5.82 Å². The van der Waals surface area contributed by atoms with Crippen LogP contribution in [0.25, 0.3) is 22.4 Å². The molecule has 1 amide bonds. The van der Waals surface area contributed by atoms with Crippen molar-refractivity contribution in [1.82, 2.24) is 9.97 Å². The fourth-order valence-corrected chi connectivity index (χ4v) is 4.56. The van der Waals surface area contributed by atoms with E-state index in [4.69, 9.17) is 34.8 Å². The van der Waals surface area contributed by atoms with E-state index in [1.807, 2.05) is 56.3 Å². The van der Waals surface area contributed by atoms with E-state index in [2.05, 4.69) is 20.6 Å². The molecule has 1 aliphatic carbocycles. The van der Waals surface area contributed by atoms with Gasteiger partial charge in [0, 0.05) is 49.6 Å². The summed E-state index contributed by atoms with van der Waals surface area (Å²) in [7, 11) is 0. The van der Waals surface area contributed by atoms with Crippen molar-refractivity contribution in [2.24, 2.45) is 0 Å². The molecule has 1 atom stereocenters. The van der Waals surface area contributed by atoms with E-state index in [0.29, 0.717) is 44.1 Å². The summed E-state index contributed by atoms with van der Waals surface area (Å²) in [6, 6.07) is 17.6. The molecule has 0 aliphatic heterocycles. The van der Waals surface area contributed by atoms with E-state index in [9.17, 15) is 9.90 Å². The minimum Gasteiger partial charge on any atom is -0.369 e. The Balaban J connectivity index is 0.00000172. The normalized spacial score (nSPS) is 13.5. The maximum absolute atomic E-state index is 12.5. The monoisotopic (exact) mass is 580 g/mol. The molecule has 1 heterocycles. The van der Waals surface area contributed by atoms with Crippen LogP contribution in [-0.4, -0.2) is 27.2 Å². The maximum Gasteiger partial charge on any atom is 0.255 e. The van der Waals surface area contributed by atoms with Gasteiger partial charge in [-0.1, -0.05) is 66.9 Å². The molecule has 0 spiro atoms. The van der Waals surface area contributed by atoms with Gasteiger partial charge in [0.05, 0.1) is 11.0 Å². The second-order valence-corrected chi connectivity index (χ2v) is 9.80. The van der Waals surface area contributed by atoms with E-state index < -0.39 is 6.23 Å². The highest BCUT2D eigenvalue weighted by molar-refractivity contribution is 6.35. The van der Waals surface area contributed by atoms with Crippen LogP contribution in [0.5, 0.6) is 0 Å². The third-order valence-corrected chi connectivity index (χ3v) is 6.44. The van der Waals surface area contributed by atoms with Crippen molar-refractivity contribution in [1.29, 1.82) is 0 Å². The van der Waals surface area contributed by atoms with Crippen LogP contribution in [-0.2, 0) is 0 Å². The number of nitrogens with zero attached hydrogens (tertiary/aromatic N) is 1. The highest BCUT2D eigenvalue weighted by Gasteiger charge is 2.12. The zero-order valence-corrected chi connectivity index (χ0v) is 23.6. The summed E-state index contributed by atoms with van der Waals surface area (Å²) in [6.07, 6.45) is 7.10. The van der Waals surface area contributed by atoms with Crippen molar-refractivity contribution >= 4 is 63.1 Å². The molecular formula is C30H27Cl3N4O2. The molecule has 0 bridgehead atoms. The minimum absolute atomic E-state index is 0.308. The molecule has 200 valence electrons. The molecule has 0 fully saturated rings. The van der Waals surface area contributed by atoms with Gasteiger partial charge in [0.2, 0.25) is 0 Å². The number of amides is 1. The van der Waals surface area contributed by atoms with Gasteiger partial charge < -0.3 is 20.7 Å². The number of allylic oxidation sites excluding steroid dienone is 4. The van der Waals surface area contributed by atoms with Crippen molar-refractivity contribution in [3.8, 4) is 11.4 Å². The molecule has 4 N–H and O–H groups in total. The Morgan fingerprint density at radius 2 is 1.64 bits per heavy atom. The molecule has 5 rings (SSSR count). The molecule has 39 heavy (non-hydrogen) atoms. The number of H-pyrrole nitrogens is 1. The summed E-state index contributed by atoms with van der Waals surface area (Å²) >= 11 is 18.1. The number of rotatable bonds is 6. The van der Waals surface area contributed by atoms with Gasteiger partial charge in [-0.25, -0.2) is 4.98 Å². The SMILES string of the molecule is CC.O=C(Nc1ccc(-c2nc3ccc(NC(O)C4=CC=C(Cl)CC=C4)cc3[nH]2)cc1)c1cc(Cl)cc(Cl)c1. The lowest BCUT2D eigenvalue weighted by atomic mass is 10.1. The van der Waals surface area contributed by atoms with Crippen LogP contribution in [0.1, 0.15) is 30.6 Å². The number of benzene rings is 3. The average molecular weight is 582 g/mol. The lowest BCUT2D eigenvalue weighted by molar-refractivity contribution is 0.102. The third kappa shape index (κ3) is 7.31. The molecular weight excluding hydrogens is 555 g/mol. The van der Waals surface area contributed by atoms with E-state index >= 15 is 0 Å². The number of carbonyl (C=O) groups excluding carboxylic acids is 1. The standard InChI is InChI=1S/C28H21Cl3N4O2.C2H6/c29-19-3-1-2-17(4-7-19)27(36)33-23-10-11-24-25(15-23)35-26(34-24)16-5-8-22(9-6-16)32-28(37)18-12-20(30)14-21(31)13-18;1-2/h1-2,4-15,27,33,36H,3H2,(H,32,37)(H,34,35);1-2H3. The van der Waals surface area contributed by atoms with E-state index in [-0.39, 0.29) is 5.91 Å². The van der Waals surface area contributed by atoms with Gasteiger partial charge in [-0.05, 0) is 66.7 Å². The highest BCUT2D eigenvalue weighted by Crippen LogP contribution is 2.26. The predicted octanol–water partition coefficient (Wildman–Crippen LogP) is 8.55. The number of hydrogen-bond acceptors (Lipinski definition) is 4. The number of hydrogen-bond donors (Lipinski definition) is 4. The minimum atomic E-state index is -0.888. The Labute approximate surface area is 242 Å². The average Bonchev–Trinajstić information content (AvgIpc) is 3.22. The third-order valence-electron chi connectivity index (χ3n) is 5.72. The van der Waals surface area contributed by atoms with Gasteiger partial charge in [0.25, 0.3) is 5.91 Å². The lowest BCUT2D eigenvalue weighted by Crippen LogP contribution is -2.20. The molecule has 6 nitrogen and oxygen atoms in total. The van der Waals surface area contributed by atoms with Gasteiger partial charge in [-0.2, -0.15) is 0 Å². The smallest absolute Gasteiger partial charge is 0.255 e.